The molecule has 4 heteroatoms. The summed E-state index contributed by atoms with van der Waals surface area (Å²) < 4.78 is 15.9. The van der Waals surface area contributed by atoms with Crippen molar-refractivity contribution in [1.29, 1.82) is 0 Å². The SMILES string of the molecule is COc1ccc(O)c(S(C)=O)c1. The van der Waals surface area contributed by atoms with Crippen LogP contribution in [0, 0.1) is 0 Å². The topological polar surface area (TPSA) is 46.5 Å². The predicted molar refractivity (Wildman–Crippen MR) is 47.0 cm³/mol. The minimum atomic E-state index is -1.18. The smallest absolute Gasteiger partial charge is 0.131 e. The Hall–Kier alpha value is -1.03. The Labute approximate surface area is 73.4 Å². The van der Waals surface area contributed by atoms with E-state index in [1.807, 2.05) is 0 Å². The first-order chi connectivity index (χ1) is 5.65. The van der Waals surface area contributed by atoms with Crippen molar-refractivity contribution >= 4 is 10.8 Å². The summed E-state index contributed by atoms with van der Waals surface area (Å²) in [5, 5.41) is 9.25. The van der Waals surface area contributed by atoms with Crippen LogP contribution in [-0.4, -0.2) is 22.7 Å². The molecule has 0 heterocycles. The van der Waals surface area contributed by atoms with E-state index in [9.17, 15) is 9.32 Å². The third-order valence-corrected chi connectivity index (χ3v) is 2.42. The van der Waals surface area contributed by atoms with Gasteiger partial charge in [-0.2, -0.15) is 0 Å². The molecule has 0 aliphatic rings. The number of methoxy groups -OCH3 is 1. The van der Waals surface area contributed by atoms with E-state index in [4.69, 9.17) is 4.74 Å². The molecule has 1 unspecified atom stereocenters. The third kappa shape index (κ3) is 1.76. The molecule has 0 saturated heterocycles. The highest BCUT2D eigenvalue weighted by Gasteiger charge is 2.05. The van der Waals surface area contributed by atoms with Gasteiger partial charge in [0, 0.05) is 6.26 Å². The number of benzene rings is 1. The molecule has 0 aliphatic heterocycles. The fraction of sp³-hybridized carbons (Fsp3) is 0.250. The summed E-state index contributed by atoms with van der Waals surface area (Å²) >= 11 is 0. The summed E-state index contributed by atoms with van der Waals surface area (Å²) in [6.45, 7) is 0. The normalized spacial score (nSPS) is 12.5. The molecule has 0 saturated carbocycles. The largest absolute Gasteiger partial charge is 0.507 e. The van der Waals surface area contributed by atoms with E-state index in [1.54, 1.807) is 12.1 Å². The average Bonchev–Trinajstić information content (AvgIpc) is 2.05. The minimum Gasteiger partial charge on any atom is -0.507 e. The van der Waals surface area contributed by atoms with Gasteiger partial charge in [-0.1, -0.05) is 0 Å². The van der Waals surface area contributed by atoms with Crippen LogP contribution in [0.3, 0.4) is 0 Å². The second kappa shape index (κ2) is 3.58. The lowest BCUT2D eigenvalue weighted by atomic mass is 10.3. The average molecular weight is 186 g/mol. The maximum atomic E-state index is 11.0. The monoisotopic (exact) mass is 186 g/mol. The van der Waals surface area contributed by atoms with Crippen LogP contribution in [0.5, 0.6) is 11.5 Å². The zero-order valence-electron chi connectivity index (χ0n) is 6.90. The van der Waals surface area contributed by atoms with Gasteiger partial charge in [-0.3, -0.25) is 4.21 Å². The lowest BCUT2D eigenvalue weighted by Gasteiger charge is -2.03. The summed E-state index contributed by atoms with van der Waals surface area (Å²) in [7, 11) is 0.340. The first-order valence-corrected chi connectivity index (χ1v) is 4.91. The van der Waals surface area contributed by atoms with Crippen LogP contribution >= 0.6 is 0 Å². The van der Waals surface area contributed by atoms with Gasteiger partial charge in [0.1, 0.15) is 11.5 Å². The molecule has 0 aromatic heterocycles. The van der Waals surface area contributed by atoms with E-state index in [0.717, 1.165) is 0 Å². The Morgan fingerprint density at radius 2 is 2.17 bits per heavy atom. The standard InChI is InChI=1S/C8H10O3S/c1-11-6-3-4-7(9)8(5-6)12(2)10/h3-5,9H,1-2H3. The summed E-state index contributed by atoms with van der Waals surface area (Å²) in [6, 6.07) is 4.65. The number of aromatic hydroxyl groups is 1. The van der Waals surface area contributed by atoms with Crippen molar-refractivity contribution in [2.75, 3.05) is 13.4 Å². The van der Waals surface area contributed by atoms with Crippen molar-refractivity contribution in [1.82, 2.24) is 0 Å². The van der Waals surface area contributed by atoms with Crippen molar-refractivity contribution in [3.63, 3.8) is 0 Å². The van der Waals surface area contributed by atoms with Crippen LogP contribution in [-0.2, 0) is 10.8 Å². The maximum Gasteiger partial charge on any atom is 0.131 e. The summed E-state index contributed by atoms with van der Waals surface area (Å²) in [4.78, 5) is 0.398. The van der Waals surface area contributed by atoms with Gasteiger partial charge >= 0.3 is 0 Å². The Morgan fingerprint density at radius 1 is 1.50 bits per heavy atom. The van der Waals surface area contributed by atoms with Crippen LogP contribution in [0.1, 0.15) is 0 Å². The van der Waals surface area contributed by atoms with E-state index in [0.29, 0.717) is 10.6 Å². The second-order valence-electron chi connectivity index (χ2n) is 2.29. The molecule has 1 aromatic carbocycles. The van der Waals surface area contributed by atoms with Crippen LogP contribution in [0.15, 0.2) is 23.1 Å². The molecule has 1 N–H and O–H groups in total. The molecule has 1 aromatic rings. The summed E-state index contributed by atoms with van der Waals surface area (Å²) in [5.41, 5.74) is 0. The molecule has 12 heavy (non-hydrogen) atoms. The Bertz CT molecular complexity index is 309. The van der Waals surface area contributed by atoms with E-state index in [-0.39, 0.29) is 5.75 Å². The highest BCUT2D eigenvalue weighted by molar-refractivity contribution is 7.84. The molecule has 0 aliphatic carbocycles. The van der Waals surface area contributed by atoms with Gasteiger partial charge in [0.15, 0.2) is 0 Å². The number of hydrogen-bond acceptors (Lipinski definition) is 3. The van der Waals surface area contributed by atoms with Crippen molar-refractivity contribution in [2.45, 2.75) is 4.90 Å². The fourth-order valence-corrected chi connectivity index (χ4v) is 1.50. The van der Waals surface area contributed by atoms with E-state index in [1.165, 1.54) is 19.4 Å². The number of ether oxygens (including phenoxy) is 1. The van der Waals surface area contributed by atoms with Crippen LogP contribution in [0.4, 0.5) is 0 Å². The van der Waals surface area contributed by atoms with Gasteiger partial charge in [0.25, 0.3) is 0 Å². The Kier molecular flexibility index (Phi) is 2.70. The minimum absolute atomic E-state index is 0.0385. The molecule has 0 bridgehead atoms. The van der Waals surface area contributed by atoms with Crippen molar-refractivity contribution < 1.29 is 14.1 Å². The number of phenols is 1. The molecular formula is C8H10O3S. The lowest BCUT2D eigenvalue weighted by molar-refractivity contribution is 0.408. The van der Waals surface area contributed by atoms with Crippen molar-refractivity contribution in [2.24, 2.45) is 0 Å². The molecule has 1 rings (SSSR count). The zero-order chi connectivity index (χ0) is 9.14. The number of phenolic OH excluding ortho intramolecular Hbond substituents is 1. The van der Waals surface area contributed by atoms with E-state index >= 15 is 0 Å². The van der Waals surface area contributed by atoms with E-state index in [2.05, 4.69) is 0 Å². The molecule has 0 fully saturated rings. The van der Waals surface area contributed by atoms with Gasteiger partial charge in [-0.15, -0.1) is 0 Å². The quantitative estimate of drug-likeness (QED) is 0.753. The highest BCUT2D eigenvalue weighted by atomic mass is 32.2. The molecule has 1 atom stereocenters. The molecule has 0 radical (unpaired) electrons. The van der Waals surface area contributed by atoms with E-state index < -0.39 is 10.8 Å². The predicted octanol–water partition coefficient (Wildman–Crippen LogP) is 1.14. The Morgan fingerprint density at radius 3 is 2.67 bits per heavy atom. The van der Waals surface area contributed by atoms with Gasteiger partial charge < -0.3 is 9.84 Å². The fourth-order valence-electron chi connectivity index (χ4n) is 0.852. The summed E-state index contributed by atoms with van der Waals surface area (Å²) in [5.74, 6) is 0.634. The first kappa shape index (κ1) is 9.06. The molecule has 66 valence electrons. The van der Waals surface area contributed by atoms with Crippen LogP contribution < -0.4 is 4.74 Å². The molecule has 0 spiro atoms. The molecule has 0 amide bonds. The Balaban J connectivity index is 3.17. The summed E-state index contributed by atoms with van der Waals surface area (Å²) in [6.07, 6.45) is 1.51. The van der Waals surface area contributed by atoms with Crippen molar-refractivity contribution in [3.05, 3.63) is 18.2 Å². The van der Waals surface area contributed by atoms with Crippen molar-refractivity contribution in [3.8, 4) is 11.5 Å². The molecule has 3 nitrogen and oxygen atoms in total. The zero-order valence-corrected chi connectivity index (χ0v) is 7.72. The highest BCUT2D eigenvalue weighted by Crippen LogP contribution is 2.24. The first-order valence-electron chi connectivity index (χ1n) is 3.35. The number of hydrogen-bond donors (Lipinski definition) is 1. The molecular weight excluding hydrogens is 176 g/mol. The second-order valence-corrected chi connectivity index (χ2v) is 3.64. The third-order valence-electron chi connectivity index (χ3n) is 1.48. The maximum absolute atomic E-state index is 11.0. The van der Waals surface area contributed by atoms with Gasteiger partial charge in [0.2, 0.25) is 0 Å². The van der Waals surface area contributed by atoms with Crippen LogP contribution in [0.25, 0.3) is 0 Å². The van der Waals surface area contributed by atoms with Gasteiger partial charge in [-0.05, 0) is 18.2 Å². The lowest BCUT2D eigenvalue weighted by Crippen LogP contribution is -1.90. The van der Waals surface area contributed by atoms with Gasteiger partial charge in [-0.25, -0.2) is 0 Å². The van der Waals surface area contributed by atoms with Gasteiger partial charge in [0.05, 0.1) is 22.8 Å². The van der Waals surface area contributed by atoms with Crippen LogP contribution in [0.2, 0.25) is 0 Å². The number of rotatable bonds is 2.